The van der Waals surface area contributed by atoms with Gasteiger partial charge in [0.1, 0.15) is 0 Å². The number of hydrogen-bond donors (Lipinski definition) is 2. The van der Waals surface area contributed by atoms with Crippen LogP contribution in [0.15, 0.2) is 121 Å². The Kier molecular flexibility index (Phi) is 8.81. The summed E-state index contributed by atoms with van der Waals surface area (Å²) in [5.41, 5.74) is 14.0. The normalized spacial score (nSPS) is 10.7. The minimum Gasteiger partial charge on any atom is -0.348 e. The topological polar surface area (TPSA) is 71.2 Å². The number of nitrogens with zero attached hydrogens (tertiary/aromatic N) is 2. The first-order chi connectivity index (χ1) is 19.6. The third kappa shape index (κ3) is 6.72. The fourth-order valence-electron chi connectivity index (χ4n) is 4.51. The molecule has 0 aliphatic heterocycles. The number of aromatic nitrogens is 1. The van der Waals surface area contributed by atoms with E-state index in [4.69, 9.17) is 10.7 Å². The first kappa shape index (κ1) is 27.1. The molecule has 200 valence electrons. The van der Waals surface area contributed by atoms with E-state index in [0.717, 1.165) is 33.1 Å². The summed E-state index contributed by atoms with van der Waals surface area (Å²) in [7, 11) is 0. The van der Waals surface area contributed by atoms with Gasteiger partial charge in [0, 0.05) is 42.7 Å². The quantitative estimate of drug-likeness (QED) is 0.175. The van der Waals surface area contributed by atoms with Crippen molar-refractivity contribution >= 4 is 22.4 Å². The van der Waals surface area contributed by atoms with Gasteiger partial charge in [-0.25, -0.2) is 4.98 Å². The highest BCUT2D eigenvalue weighted by atomic mass is 32.1. The second-order valence-corrected chi connectivity index (χ2v) is 10.4. The maximum atomic E-state index is 12.7. The number of nitrogens with one attached hydrogen (secondary N) is 1. The summed E-state index contributed by atoms with van der Waals surface area (Å²) in [5.74, 6) is -0.101. The van der Waals surface area contributed by atoms with Crippen LogP contribution in [0, 0.1) is 0 Å². The number of benzene rings is 4. The second-order valence-electron chi connectivity index (χ2n) is 9.53. The molecule has 0 saturated heterocycles. The van der Waals surface area contributed by atoms with Gasteiger partial charge in [-0.1, -0.05) is 97.1 Å². The van der Waals surface area contributed by atoms with Crippen LogP contribution in [0.4, 0.5) is 5.13 Å². The molecule has 1 amide bonds. The van der Waals surface area contributed by atoms with Crippen LogP contribution >= 0.6 is 11.3 Å². The largest absolute Gasteiger partial charge is 0.348 e. The lowest BCUT2D eigenvalue weighted by Gasteiger charge is -2.20. The van der Waals surface area contributed by atoms with E-state index in [2.05, 4.69) is 70.7 Å². The number of anilines is 1. The predicted molar refractivity (Wildman–Crippen MR) is 166 cm³/mol. The summed E-state index contributed by atoms with van der Waals surface area (Å²) < 4.78 is 0. The molecule has 0 unspecified atom stereocenters. The molecule has 0 spiro atoms. The molecular formula is C34H32N4OS. The number of hydrogen-bond acceptors (Lipinski definition) is 5. The Bertz CT molecular complexity index is 1560. The maximum absolute atomic E-state index is 12.7. The van der Waals surface area contributed by atoms with Crippen molar-refractivity contribution in [3.05, 3.63) is 143 Å². The molecule has 0 bridgehead atoms. The highest BCUT2D eigenvalue weighted by Gasteiger charge is 2.13. The molecule has 5 nitrogen and oxygen atoms in total. The summed E-state index contributed by atoms with van der Waals surface area (Å²) in [6.45, 7) is 6.22. The Morgan fingerprint density at radius 2 is 1.55 bits per heavy atom. The van der Waals surface area contributed by atoms with E-state index >= 15 is 0 Å². The molecular weight excluding hydrogens is 512 g/mol. The molecule has 1 heterocycles. The molecule has 4 aromatic carbocycles. The molecule has 0 fully saturated rings. The molecule has 0 radical (unpaired) electrons. The lowest BCUT2D eigenvalue weighted by Crippen LogP contribution is -2.24. The smallest absolute Gasteiger partial charge is 0.251 e. The van der Waals surface area contributed by atoms with Crippen LogP contribution < -0.4 is 16.0 Å². The van der Waals surface area contributed by atoms with Gasteiger partial charge in [-0.2, -0.15) is 0 Å². The molecule has 1 aromatic heterocycles. The molecule has 0 atom stereocenters. The lowest BCUT2D eigenvalue weighted by molar-refractivity contribution is 0.0951. The third-order valence-electron chi connectivity index (χ3n) is 6.67. The van der Waals surface area contributed by atoms with E-state index in [9.17, 15) is 4.79 Å². The molecule has 5 aromatic rings. The zero-order valence-corrected chi connectivity index (χ0v) is 23.1. The molecule has 0 aliphatic carbocycles. The van der Waals surface area contributed by atoms with Gasteiger partial charge in [-0.15, -0.1) is 17.9 Å². The van der Waals surface area contributed by atoms with Gasteiger partial charge in [0.05, 0.1) is 5.69 Å². The van der Waals surface area contributed by atoms with Crippen molar-refractivity contribution < 1.29 is 4.79 Å². The zero-order chi connectivity index (χ0) is 27.7. The Labute approximate surface area is 239 Å². The third-order valence-corrected chi connectivity index (χ3v) is 7.57. The Morgan fingerprint density at radius 1 is 0.850 bits per heavy atom. The highest BCUT2D eigenvalue weighted by molar-refractivity contribution is 7.14. The van der Waals surface area contributed by atoms with Crippen LogP contribution in [0.1, 0.15) is 27.0 Å². The van der Waals surface area contributed by atoms with Crippen LogP contribution in [-0.4, -0.2) is 17.4 Å². The summed E-state index contributed by atoms with van der Waals surface area (Å²) in [6, 6.07) is 34.6. The van der Waals surface area contributed by atoms with Crippen molar-refractivity contribution in [1.29, 1.82) is 0 Å². The van der Waals surface area contributed by atoms with E-state index in [1.807, 2.05) is 60.7 Å². The van der Waals surface area contributed by atoms with Crippen LogP contribution in [0.25, 0.3) is 22.4 Å². The Morgan fingerprint density at radius 3 is 2.27 bits per heavy atom. The van der Waals surface area contributed by atoms with Gasteiger partial charge in [0.15, 0.2) is 5.13 Å². The van der Waals surface area contributed by atoms with Gasteiger partial charge >= 0.3 is 0 Å². The Balaban J connectivity index is 1.22. The van der Waals surface area contributed by atoms with Crippen LogP contribution in [0.2, 0.25) is 0 Å². The van der Waals surface area contributed by atoms with Gasteiger partial charge < -0.3 is 16.0 Å². The van der Waals surface area contributed by atoms with E-state index in [1.165, 1.54) is 11.1 Å². The second kappa shape index (κ2) is 13.0. The van der Waals surface area contributed by atoms with Crippen molar-refractivity contribution in [3.63, 3.8) is 0 Å². The summed E-state index contributed by atoms with van der Waals surface area (Å²) in [5, 5.41) is 6.02. The van der Waals surface area contributed by atoms with E-state index in [0.29, 0.717) is 31.7 Å². The minimum absolute atomic E-state index is 0.101. The molecule has 0 saturated carbocycles. The average molecular weight is 545 g/mol. The number of amides is 1. The fraction of sp³-hybridized carbons (Fsp3) is 0.118. The maximum Gasteiger partial charge on any atom is 0.251 e. The average Bonchev–Trinajstić information content (AvgIpc) is 3.51. The molecule has 5 rings (SSSR count). The van der Waals surface area contributed by atoms with Crippen LogP contribution in [0.5, 0.6) is 0 Å². The van der Waals surface area contributed by atoms with Crippen LogP contribution in [-0.2, 0) is 19.6 Å². The molecule has 3 N–H and O–H groups in total. The van der Waals surface area contributed by atoms with E-state index < -0.39 is 0 Å². The minimum atomic E-state index is -0.101. The monoisotopic (exact) mass is 544 g/mol. The fourth-order valence-corrected chi connectivity index (χ4v) is 5.35. The SMILES string of the molecule is C=CCN(Cc1ccc(C(=O)NCc2cccc(CN)c2)cc1)c1nc(-c2ccc(-c3ccccc3)cc2)cs1. The van der Waals surface area contributed by atoms with E-state index in [-0.39, 0.29) is 5.91 Å². The van der Waals surface area contributed by atoms with Gasteiger partial charge in [-0.3, -0.25) is 4.79 Å². The molecule has 0 aliphatic rings. The summed E-state index contributed by atoms with van der Waals surface area (Å²) >= 11 is 1.62. The molecule has 40 heavy (non-hydrogen) atoms. The first-order valence-corrected chi connectivity index (χ1v) is 14.1. The predicted octanol–water partition coefficient (Wildman–Crippen LogP) is 7.06. The number of rotatable bonds is 11. The number of nitrogens with two attached hydrogens (primary N) is 1. The van der Waals surface area contributed by atoms with Crippen molar-refractivity contribution in [2.24, 2.45) is 5.73 Å². The van der Waals surface area contributed by atoms with Crippen molar-refractivity contribution in [2.75, 3.05) is 11.4 Å². The van der Waals surface area contributed by atoms with Gasteiger partial charge in [0.2, 0.25) is 0 Å². The van der Waals surface area contributed by atoms with Crippen LogP contribution in [0.3, 0.4) is 0 Å². The van der Waals surface area contributed by atoms with Crippen molar-refractivity contribution in [1.82, 2.24) is 10.3 Å². The number of thiazole rings is 1. The standard InChI is InChI=1S/C34H32N4OS/c1-2-19-38(34-37-32(24-40-34)30-17-15-29(16-18-30)28-9-4-3-5-10-28)23-25-11-13-31(14-12-25)33(39)36-22-27-8-6-7-26(20-27)21-35/h2-18,20,24H,1,19,21-23,35H2,(H,36,39). The Hall–Kier alpha value is -4.52. The molecule has 6 heteroatoms. The van der Waals surface area contributed by atoms with Gasteiger partial charge in [0.25, 0.3) is 5.91 Å². The highest BCUT2D eigenvalue weighted by Crippen LogP contribution is 2.30. The first-order valence-electron chi connectivity index (χ1n) is 13.2. The van der Waals surface area contributed by atoms with Crippen molar-refractivity contribution in [2.45, 2.75) is 19.6 Å². The summed E-state index contributed by atoms with van der Waals surface area (Å²) in [6.07, 6.45) is 1.89. The number of carbonyl (C=O) groups is 1. The lowest BCUT2D eigenvalue weighted by atomic mass is 10.0. The van der Waals surface area contributed by atoms with Crippen molar-refractivity contribution in [3.8, 4) is 22.4 Å². The van der Waals surface area contributed by atoms with E-state index in [1.54, 1.807) is 11.3 Å². The number of carbonyl (C=O) groups excluding carboxylic acids is 1. The van der Waals surface area contributed by atoms with Gasteiger partial charge in [-0.05, 0) is 39.9 Å². The zero-order valence-electron chi connectivity index (χ0n) is 22.3. The summed E-state index contributed by atoms with van der Waals surface area (Å²) in [4.78, 5) is 19.8.